The summed E-state index contributed by atoms with van der Waals surface area (Å²) in [5.74, 6) is 4.88. The summed E-state index contributed by atoms with van der Waals surface area (Å²) in [6.45, 7) is 7.05. The Bertz CT molecular complexity index is 495. The van der Waals surface area contributed by atoms with Gasteiger partial charge in [-0.2, -0.15) is 0 Å². The molecule has 1 aromatic rings. The van der Waals surface area contributed by atoms with Gasteiger partial charge in [0.2, 0.25) is 6.79 Å². The number of rotatable bonds is 1. The van der Waals surface area contributed by atoms with E-state index in [1.54, 1.807) is 0 Å². The lowest BCUT2D eigenvalue weighted by molar-refractivity contribution is 0.174. The maximum absolute atomic E-state index is 5.36. The van der Waals surface area contributed by atoms with Crippen LogP contribution in [0.4, 0.5) is 0 Å². The van der Waals surface area contributed by atoms with Gasteiger partial charge in [-0.3, -0.25) is 0 Å². The van der Waals surface area contributed by atoms with E-state index in [9.17, 15) is 0 Å². The molecule has 0 radical (unpaired) electrons. The van der Waals surface area contributed by atoms with E-state index in [4.69, 9.17) is 9.47 Å². The molecule has 1 aliphatic heterocycles. The highest BCUT2D eigenvalue weighted by molar-refractivity contribution is 9.10. The van der Waals surface area contributed by atoms with E-state index in [1.165, 1.54) is 0 Å². The zero-order chi connectivity index (χ0) is 12.5. The predicted octanol–water partition coefficient (Wildman–Crippen LogP) is 3.60. The van der Waals surface area contributed by atoms with Crippen molar-refractivity contribution in [2.45, 2.75) is 26.1 Å². The van der Waals surface area contributed by atoms with E-state index in [-0.39, 0.29) is 0 Å². The van der Waals surface area contributed by atoms with Gasteiger partial charge in [-0.15, -0.1) is 11.5 Å². The first-order chi connectivity index (χ1) is 7.96. The van der Waals surface area contributed by atoms with Gasteiger partial charge in [-0.05, 0) is 17.7 Å². The lowest BCUT2D eigenvalue weighted by atomic mass is 10.1. The van der Waals surface area contributed by atoms with E-state index < -0.39 is 8.07 Å². The number of hydrogen-bond donors (Lipinski definition) is 0. The highest BCUT2D eigenvalue weighted by atomic mass is 79.9. The fraction of sp³-hybridized carbons (Fsp3) is 0.385. The second-order valence-corrected chi connectivity index (χ2v) is 10.6. The Morgan fingerprint density at radius 2 is 1.88 bits per heavy atom. The third kappa shape index (κ3) is 3.27. The molecule has 1 aliphatic rings. The van der Waals surface area contributed by atoms with Crippen molar-refractivity contribution in [2.24, 2.45) is 0 Å². The lowest BCUT2D eigenvalue weighted by Crippen LogP contribution is -2.16. The average Bonchev–Trinajstić information content (AvgIpc) is 2.63. The molecule has 2 nitrogen and oxygen atoms in total. The minimum atomic E-state index is -1.28. The monoisotopic (exact) mass is 310 g/mol. The third-order valence-corrected chi connectivity index (χ3v) is 3.95. The van der Waals surface area contributed by atoms with Gasteiger partial charge >= 0.3 is 0 Å². The summed E-state index contributed by atoms with van der Waals surface area (Å²) in [5.41, 5.74) is 4.51. The van der Waals surface area contributed by atoms with Crippen LogP contribution in [0.5, 0.6) is 11.5 Å². The molecular weight excluding hydrogens is 296 g/mol. The van der Waals surface area contributed by atoms with Gasteiger partial charge < -0.3 is 9.47 Å². The molecule has 0 bridgehead atoms. The SMILES string of the molecule is C[Si](C)(C)C#CCc1cc2c(cc1Br)OCO2. The van der Waals surface area contributed by atoms with Crippen LogP contribution >= 0.6 is 15.9 Å². The Morgan fingerprint density at radius 3 is 2.53 bits per heavy atom. The summed E-state index contributed by atoms with van der Waals surface area (Å²) in [6.07, 6.45) is 0.751. The van der Waals surface area contributed by atoms with Crippen molar-refractivity contribution in [1.29, 1.82) is 0 Å². The molecule has 17 heavy (non-hydrogen) atoms. The first-order valence-corrected chi connectivity index (χ1v) is 9.83. The van der Waals surface area contributed by atoms with Crippen molar-refractivity contribution in [3.05, 3.63) is 22.2 Å². The number of fused-ring (bicyclic) bond motifs is 1. The molecule has 0 aliphatic carbocycles. The highest BCUT2D eigenvalue weighted by Crippen LogP contribution is 2.36. The Labute approximate surface area is 111 Å². The van der Waals surface area contributed by atoms with Crippen molar-refractivity contribution in [1.82, 2.24) is 0 Å². The summed E-state index contributed by atoms with van der Waals surface area (Å²) in [5, 5.41) is 0. The molecule has 0 spiro atoms. The van der Waals surface area contributed by atoms with Crippen molar-refractivity contribution in [2.75, 3.05) is 6.79 Å². The van der Waals surface area contributed by atoms with Gasteiger partial charge in [-0.1, -0.05) is 35.6 Å². The molecule has 1 heterocycles. The van der Waals surface area contributed by atoms with Crippen LogP contribution in [0.1, 0.15) is 5.56 Å². The maximum Gasteiger partial charge on any atom is 0.231 e. The quantitative estimate of drug-likeness (QED) is 0.583. The summed E-state index contributed by atoms with van der Waals surface area (Å²) in [4.78, 5) is 0. The van der Waals surface area contributed by atoms with Gasteiger partial charge in [0.1, 0.15) is 8.07 Å². The number of benzene rings is 1. The molecule has 0 saturated heterocycles. The molecule has 0 saturated carbocycles. The second-order valence-electron chi connectivity index (χ2n) is 5.03. The molecule has 4 heteroatoms. The molecule has 2 rings (SSSR count). The van der Waals surface area contributed by atoms with Crippen LogP contribution in [-0.2, 0) is 6.42 Å². The van der Waals surface area contributed by atoms with Gasteiger partial charge in [0.05, 0.1) is 0 Å². The highest BCUT2D eigenvalue weighted by Gasteiger charge is 2.15. The first kappa shape index (κ1) is 12.5. The van der Waals surface area contributed by atoms with Crippen LogP contribution in [0.25, 0.3) is 0 Å². The normalized spacial score (nSPS) is 13.2. The summed E-state index contributed by atoms with van der Waals surface area (Å²) >= 11 is 3.54. The van der Waals surface area contributed by atoms with Crippen LogP contribution in [-0.4, -0.2) is 14.9 Å². The average molecular weight is 311 g/mol. The van der Waals surface area contributed by atoms with Gasteiger partial charge in [0.15, 0.2) is 11.5 Å². The smallest absolute Gasteiger partial charge is 0.231 e. The largest absolute Gasteiger partial charge is 0.454 e. The molecule has 90 valence electrons. The van der Waals surface area contributed by atoms with E-state index in [1.807, 2.05) is 12.1 Å². The standard InChI is InChI=1S/C13H15BrO2Si/c1-17(2,3)6-4-5-10-7-12-13(8-11(10)14)16-9-15-12/h7-8H,5,9H2,1-3H3. The molecule has 0 N–H and O–H groups in total. The van der Waals surface area contributed by atoms with Crippen LogP contribution in [0, 0.1) is 11.5 Å². The fourth-order valence-corrected chi connectivity index (χ4v) is 2.58. The van der Waals surface area contributed by atoms with Crippen LogP contribution in [0.15, 0.2) is 16.6 Å². The third-order valence-electron chi connectivity index (χ3n) is 2.28. The van der Waals surface area contributed by atoms with Crippen LogP contribution in [0.2, 0.25) is 19.6 Å². The first-order valence-electron chi connectivity index (χ1n) is 5.54. The second kappa shape index (κ2) is 4.75. The van der Waals surface area contributed by atoms with Gasteiger partial charge in [-0.25, -0.2) is 0 Å². The fourth-order valence-electron chi connectivity index (χ4n) is 1.50. The Kier molecular flexibility index (Phi) is 3.50. The minimum absolute atomic E-state index is 0.311. The molecule has 0 fully saturated rings. The summed E-state index contributed by atoms with van der Waals surface area (Å²) in [7, 11) is -1.28. The zero-order valence-electron chi connectivity index (χ0n) is 10.3. The Hall–Kier alpha value is -0.923. The summed E-state index contributed by atoms with van der Waals surface area (Å²) in [6, 6.07) is 3.96. The Balaban J connectivity index is 2.19. The Morgan fingerprint density at radius 1 is 1.24 bits per heavy atom. The van der Waals surface area contributed by atoms with Crippen molar-refractivity contribution < 1.29 is 9.47 Å². The zero-order valence-corrected chi connectivity index (χ0v) is 12.8. The van der Waals surface area contributed by atoms with E-state index in [0.717, 1.165) is 28.0 Å². The molecular formula is C13H15BrO2Si. The van der Waals surface area contributed by atoms with E-state index in [2.05, 4.69) is 47.0 Å². The molecule has 0 amide bonds. The maximum atomic E-state index is 5.36. The molecule has 0 unspecified atom stereocenters. The number of hydrogen-bond acceptors (Lipinski definition) is 2. The molecule has 0 atom stereocenters. The topological polar surface area (TPSA) is 18.5 Å². The van der Waals surface area contributed by atoms with E-state index >= 15 is 0 Å². The van der Waals surface area contributed by atoms with E-state index in [0.29, 0.717) is 6.79 Å². The van der Waals surface area contributed by atoms with Crippen molar-refractivity contribution in [3.8, 4) is 23.0 Å². The van der Waals surface area contributed by atoms with Crippen molar-refractivity contribution >= 4 is 24.0 Å². The molecule has 0 aromatic heterocycles. The minimum Gasteiger partial charge on any atom is -0.454 e. The van der Waals surface area contributed by atoms with Gasteiger partial charge in [0, 0.05) is 10.9 Å². The van der Waals surface area contributed by atoms with Gasteiger partial charge in [0.25, 0.3) is 0 Å². The number of ether oxygens (including phenoxy) is 2. The van der Waals surface area contributed by atoms with Crippen LogP contribution < -0.4 is 9.47 Å². The van der Waals surface area contributed by atoms with Crippen molar-refractivity contribution in [3.63, 3.8) is 0 Å². The number of halogens is 1. The predicted molar refractivity (Wildman–Crippen MR) is 75.1 cm³/mol. The summed E-state index contributed by atoms with van der Waals surface area (Å²) < 4.78 is 11.7. The van der Waals surface area contributed by atoms with Crippen LogP contribution in [0.3, 0.4) is 0 Å². The molecule has 1 aromatic carbocycles. The lowest BCUT2D eigenvalue weighted by Gasteiger charge is -2.05.